The van der Waals surface area contributed by atoms with Crippen molar-refractivity contribution in [3.8, 4) is 11.3 Å². The van der Waals surface area contributed by atoms with Crippen LogP contribution in [0.25, 0.3) is 22.2 Å². The standard InChI is InChI=1S/C16H13NO2/c1-19-16(18)12-8-6-11(7-9-12)15-10-13-4-2-3-5-14(13)17-15/h2-10,17H,1H3. The quantitative estimate of drug-likeness (QED) is 0.707. The summed E-state index contributed by atoms with van der Waals surface area (Å²) in [7, 11) is 1.38. The lowest BCUT2D eigenvalue weighted by atomic mass is 10.1. The Hall–Kier alpha value is -2.55. The molecule has 0 aliphatic rings. The highest BCUT2D eigenvalue weighted by Crippen LogP contribution is 2.24. The molecule has 0 atom stereocenters. The average molecular weight is 251 g/mol. The number of ether oxygens (including phenoxy) is 1. The zero-order valence-corrected chi connectivity index (χ0v) is 10.5. The van der Waals surface area contributed by atoms with Crippen LogP contribution in [-0.4, -0.2) is 18.1 Å². The van der Waals surface area contributed by atoms with Crippen molar-refractivity contribution in [2.24, 2.45) is 0 Å². The first-order chi connectivity index (χ1) is 9.28. The van der Waals surface area contributed by atoms with Gasteiger partial charge in [0.25, 0.3) is 0 Å². The third kappa shape index (κ3) is 2.10. The fourth-order valence-electron chi connectivity index (χ4n) is 2.13. The second-order valence-electron chi connectivity index (χ2n) is 4.34. The molecule has 3 rings (SSSR count). The lowest BCUT2D eigenvalue weighted by Crippen LogP contribution is -2.00. The number of fused-ring (bicyclic) bond motifs is 1. The predicted molar refractivity (Wildman–Crippen MR) is 75.1 cm³/mol. The van der Waals surface area contributed by atoms with Gasteiger partial charge in [-0.1, -0.05) is 30.3 Å². The Balaban J connectivity index is 1.99. The number of carbonyl (C=O) groups excluding carboxylic acids is 1. The summed E-state index contributed by atoms with van der Waals surface area (Å²) >= 11 is 0. The minimum Gasteiger partial charge on any atom is -0.465 e. The minimum absolute atomic E-state index is 0.316. The number of H-pyrrole nitrogens is 1. The highest BCUT2D eigenvalue weighted by molar-refractivity contribution is 5.90. The Morgan fingerprint density at radius 2 is 1.79 bits per heavy atom. The van der Waals surface area contributed by atoms with Crippen LogP contribution in [0.15, 0.2) is 54.6 Å². The summed E-state index contributed by atoms with van der Waals surface area (Å²) in [5.74, 6) is -0.316. The maximum atomic E-state index is 11.4. The number of methoxy groups -OCH3 is 1. The first kappa shape index (κ1) is 11.5. The van der Waals surface area contributed by atoms with E-state index in [1.54, 1.807) is 12.1 Å². The number of aromatic amines is 1. The van der Waals surface area contributed by atoms with Gasteiger partial charge in [0.05, 0.1) is 12.7 Å². The highest BCUT2D eigenvalue weighted by Gasteiger charge is 2.06. The third-order valence-electron chi connectivity index (χ3n) is 3.15. The maximum absolute atomic E-state index is 11.4. The molecule has 3 nitrogen and oxygen atoms in total. The van der Waals surface area contributed by atoms with Gasteiger partial charge < -0.3 is 9.72 Å². The molecular weight excluding hydrogens is 238 g/mol. The van der Waals surface area contributed by atoms with Gasteiger partial charge in [0, 0.05) is 16.6 Å². The summed E-state index contributed by atoms with van der Waals surface area (Å²) in [5.41, 5.74) is 3.75. The molecule has 0 unspecified atom stereocenters. The number of benzene rings is 2. The Morgan fingerprint density at radius 3 is 2.47 bits per heavy atom. The fraction of sp³-hybridized carbons (Fsp3) is 0.0625. The van der Waals surface area contributed by atoms with Crippen LogP contribution in [0.2, 0.25) is 0 Å². The van der Waals surface area contributed by atoms with Crippen molar-refractivity contribution < 1.29 is 9.53 Å². The zero-order chi connectivity index (χ0) is 13.2. The number of esters is 1. The molecule has 19 heavy (non-hydrogen) atoms. The second-order valence-corrected chi connectivity index (χ2v) is 4.34. The van der Waals surface area contributed by atoms with Crippen molar-refractivity contribution >= 4 is 16.9 Å². The summed E-state index contributed by atoms with van der Waals surface area (Å²) in [5, 5.41) is 1.18. The average Bonchev–Trinajstić information content (AvgIpc) is 2.90. The number of rotatable bonds is 2. The van der Waals surface area contributed by atoms with Crippen molar-refractivity contribution in [2.45, 2.75) is 0 Å². The van der Waals surface area contributed by atoms with E-state index in [9.17, 15) is 4.79 Å². The van der Waals surface area contributed by atoms with Gasteiger partial charge in [0.15, 0.2) is 0 Å². The van der Waals surface area contributed by atoms with Crippen LogP contribution in [0, 0.1) is 0 Å². The van der Waals surface area contributed by atoms with Gasteiger partial charge in [0.1, 0.15) is 0 Å². The molecule has 0 saturated carbocycles. The van der Waals surface area contributed by atoms with E-state index in [2.05, 4.69) is 21.9 Å². The first-order valence-electron chi connectivity index (χ1n) is 6.04. The van der Waals surface area contributed by atoms with Gasteiger partial charge in [-0.2, -0.15) is 0 Å². The molecule has 3 heteroatoms. The summed E-state index contributed by atoms with van der Waals surface area (Å²) < 4.78 is 4.68. The number of hydrogen-bond donors (Lipinski definition) is 1. The third-order valence-corrected chi connectivity index (χ3v) is 3.15. The summed E-state index contributed by atoms with van der Waals surface area (Å²) in [4.78, 5) is 14.7. The molecular formula is C16H13NO2. The Kier molecular flexibility index (Phi) is 2.80. The topological polar surface area (TPSA) is 42.1 Å². The van der Waals surface area contributed by atoms with E-state index in [0.29, 0.717) is 5.56 Å². The molecule has 1 heterocycles. The van der Waals surface area contributed by atoms with Crippen LogP contribution < -0.4 is 0 Å². The molecule has 0 spiro atoms. The molecule has 0 amide bonds. The highest BCUT2D eigenvalue weighted by atomic mass is 16.5. The van der Waals surface area contributed by atoms with Gasteiger partial charge in [-0.25, -0.2) is 4.79 Å². The van der Waals surface area contributed by atoms with Crippen LogP contribution in [0.3, 0.4) is 0 Å². The number of aromatic nitrogens is 1. The lowest BCUT2D eigenvalue weighted by Gasteiger charge is -2.01. The second kappa shape index (κ2) is 4.61. The predicted octanol–water partition coefficient (Wildman–Crippen LogP) is 3.62. The van der Waals surface area contributed by atoms with E-state index in [-0.39, 0.29) is 5.97 Å². The summed E-state index contributed by atoms with van der Waals surface area (Å²) in [6.45, 7) is 0. The van der Waals surface area contributed by atoms with E-state index < -0.39 is 0 Å². The SMILES string of the molecule is COC(=O)c1ccc(-c2cc3ccccc3[nH]2)cc1. The number of carbonyl (C=O) groups is 1. The van der Waals surface area contributed by atoms with E-state index >= 15 is 0 Å². The van der Waals surface area contributed by atoms with E-state index in [1.165, 1.54) is 12.5 Å². The molecule has 0 saturated heterocycles. The first-order valence-corrected chi connectivity index (χ1v) is 6.04. The van der Waals surface area contributed by atoms with E-state index in [0.717, 1.165) is 16.8 Å². The molecule has 0 radical (unpaired) electrons. The lowest BCUT2D eigenvalue weighted by molar-refractivity contribution is 0.0601. The van der Waals surface area contributed by atoms with Crippen LogP contribution in [0.5, 0.6) is 0 Å². The smallest absolute Gasteiger partial charge is 0.337 e. The molecule has 0 aliphatic heterocycles. The number of nitrogens with one attached hydrogen (secondary N) is 1. The largest absolute Gasteiger partial charge is 0.465 e. The van der Waals surface area contributed by atoms with Gasteiger partial charge in [-0.3, -0.25) is 0 Å². The van der Waals surface area contributed by atoms with Crippen LogP contribution in [-0.2, 0) is 4.74 Å². The Bertz CT molecular complexity index is 693. The summed E-state index contributed by atoms with van der Waals surface area (Å²) in [6.07, 6.45) is 0. The normalized spacial score (nSPS) is 10.6. The van der Waals surface area contributed by atoms with Crippen molar-refractivity contribution in [1.29, 1.82) is 0 Å². The van der Waals surface area contributed by atoms with Gasteiger partial charge in [0.2, 0.25) is 0 Å². The fourth-order valence-corrected chi connectivity index (χ4v) is 2.13. The van der Waals surface area contributed by atoms with Crippen molar-refractivity contribution in [2.75, 3.05) is 7.11 Å². The van der Waals surface area contributed by atoms with E-state index in [4.69, 9.17) is 0 Å². The van der Waals surface area contributed by atoms with Crippen molar-refractivity contribution in [1.82, 2.24) is 4.98 Å². The molecule has 3 aromatic rings. The number of hydrogen-bond acceptors (Lipinski definition) is 2. The maximum Gasteiger partial charge on any atom is 0.337 e. The zero-order valence-electron chi connectivity index (χ0n) is 10.5. The Labute approximate surface area is 110 Å². The molecule has 1 N–H and O–H groups in total. The molecule has 0 bridgehead atoms. The Morgan fingerprint density at radius 1 is 1.05 bits per heavy atom. The minimum atomic E-state index is -0.316. The molecule has 1 aromatic heterocycles. The molecule has 0 aliphatic carbocycles. The van der Waals surface area contributed by atoms with Crippen LogP contribution >= 0.6 is 0 Å². The molecule has 0 fully saturated rings. The van der Waals surface area contributed by atoms with Crippen molar-refractivity contribution in [3.63, 3.8) is 0 Å². The molecule has 2 aromatic carbocycles. The van der Waals surface area contributed by atoms with Gasteiger partial charge >= 0.3 is 5.97 Å². The van der Waals surface area contributed by atoms with E-state index in [1.807, 2.05) is 30.3 Å². The molecule has 94 valence electrons. The number of para-hydroxylation sites is 1. The van der Waals surface area contributed by atoms with Crippen molar-refractivity contribution in [3.05, 3.63) is 60.2 Å². The monoisotopic (exact) mass is 251 g/mol. The van der Waals surface area contributed by atoms with Crippen LogP contribution in [0.1, 0.15) is 10.4 Å². The van der Waals surface area contributed by atoms with Gasteiger partial charge in [-0.05, 0) is 29.8 Å². The summed E-state index contributed by atoms with van der Waals surface area (Å²) in [6, 6.07) is 17.6. The van der Waals surface area contributed by atoms with Crippen LogP contribution in [0.4, 0.5) is 0 Å². The van der Waals surface area contributed by atoms with Gasteiger partial charge in [-0.15, -0.1) is 0 Å².